The number of carbonyl (C=O) groups excluding carboxylic acids is 13. The van der Waals surface area contributed by atoms with E-state index in [0.717, 1.165) is 29.1 Å². The SMILES string of the molecule is CC(C)C[C@@H](C(=O)N(C)[C@H](C(=O)C[C@@H](Cc1ccccc1)C(=O)N[C@@H](CC(=O)O)C(=O)N(C)C(Cc1ccccc1)C(=O)N[C@@H](C)C(=O)N1CCCCC1)C(C)C)N(C)C(=O)CNC(=O)[C@H](Cc1ccccc1)N(C)C(=O)[C@@H](NC(=O)[C@H](CC(C)C)N(C)C(=O)[C@@H](NC(=O)[C@H](C)N(C)C(=O)OC(C)(C)C)C(C)C)[C@@H](C)OC(c1ccccc1)(c1ccccc1)c1ccccc1. The zero-order chi connectivity index (χ0) is 96.2. The second-order valence-corrected chi connectivity index (χ2v) is 36.8. The monoisotopic (exact) mass is 1790 g/mol. The van der Waals surface area contributed by atoms with Gasteiger partial charge in [0.15, 0.2) is 5.78 Å². The third-order valence-electron chi connectivity index (χ3n) is 23.9. The highest BCUT2D eigenvalue weighted by atomic mass is 16.6. The summed E-state index contributed by atoms with van der Waals surface area (Å²) in [6, 6.07) is 41.0. The lowest BCUT2D eigenvalue weighted by atomic mass is 9.79. The van der Waals surface area contributed by atoms with Crippen LogP contribution >= 0.6 is 0 Å². The fraction of sp³-hybridized carbons (Fsp3) is 0.505. The van der Waals surface area contributed by atoms with Crippen LogP contribution < -0.4 is 26.6 Å². The van der Waals surface area contributed by atoms with E-state index >= 15 is 38.4 Å². The van der Waals surface area contributed by atoms with Crippen molar-refractivity contribution in [1.29, 1.82) is 0 Å². The molecule has 12 atom stereocenters. The molecule has 29 heteroatoms. The van der Waals surface area contributed by atoms with Crippen molar-refractivity contribution in [3.63, 3.8) is 0 Å². The topological polar surface area (TPSA) is 361 Å². The van der Waals surface area contributed by atoms with Gasteiger partial charge < -0.3 is 70.6 Å². The highest BCUT2D eigenvalue weighted by molar-refractivity contribution is 6.00. The molecule has 1 aliphatic rings. The third-order valence-corrected chi connectivity index (χ3v) is 23.9. The fourth-order valence-corrected chi connectivity index (χ4v) is 16.5. The molecule has 6 N–H and O–H groups in total. The Labute approximate surface area is 767 Å². The molecule has 0 aliphatic carbocycles. The number of hydrogen-bond donors (Lipinski definition) is 6. The molecule has 704 valence electrons. The minimum Gasteiger partial charge on any atom is -0.481 e. The molecule has 1 aliphatic heterocycles. The molecule has 12 amide bonds. The van der Waals surface area contributed by atoms with E-state index in [1.807, 2.05) is 119 Å². The van der Waals surface area contributed by atoms with Crippen LogP contribution in [0.15, 0.2) is 182 Å². The molecule has 130 heavy (non-hydrogen) atoms. The van der Waals surface area contributed by atoms with Gasteiger partial charge in [0.1, 0.15) is 65.6 Å². The molecule has 0 aromatic heterocycles. The number of ketones is 1. The minimum absolute atomic E-state index is 0.0460. The number of ether oxygens (including phenoxy) is 2. The Kier molecular flexibility index (Phi) is 39.6. The molecular formula is C101H138N12O17. The molecule has 1 unspecified atom stereocenters. The van der Waals surface area contributed by atoms with Crippen LogP contribution in [0.25, 0.3) is 0 Å². The molecule has 1 fully saturated rings. The van der Waals surface area contributed by atoms with Gasteiger partial charge in [0.05, 0.1) is 25.1 Å². The van der Waals surface area contributed by atoms with Gasteiger partial charge in [0.2, 0.25) is 65.0 Å². The summed E-state index contributed by atoms with van der Waals surface area (Å²) in [5, 5.41) is 24.4. The second kappa shape index (κ2) is 49.0. The van der Waals surface area contributed by atoms with Crippen LogP contribution in [0.1, 0.15) is 175 Å². The number of likely N-dealkylation sites (tertiary alicyclic amines) is 1. The maximum Gasteiger partial charge on any atom is 0.410 e. The molecule has 0 saturated carbocycles. The van der Waals surface area contributed by atoms with Crippen LogP contribution in [0.4, 0.5) is 4.79 Å². The Hall–Kier alpha value is -12.1. The van der Waals surface area contributed by atoms with Crippen molar-refractivity contribution in [2.24, 2.45) is 29.6 Å². The minimum atomic E-state index is -1.77. The van der Waals surface area contributed by atoms with Gasteiger partial charge in [-0.1, -0.05) is 237 Å². The number of aliphatic carboxylic acids is 1. The van der Waals surface area contributed by atoms with Crippen LogP contribution in [-0.2, 0) is 96.7 Å². The molecule has 7 rings (SSSR count). The summed E-state index contributed by atoms with van der Waals surface area (Å²) in [4.78, 5) is 216. The van der Waals surface area contributed by atoms with Gasteiger partial charge in [-0.15, -0.1) is 0 Å². The van der Waals surface area contributed by atoms with Gasteiger partial charge in [0.25, 0.3) is 0 Å². The van der Waals surface area contributed by atoms with E-state index in [1.54, 1.807) is 158 Å². The molecule has 1 saturated heterocycles. The number of Topliss-reactive ketones (excluding diaryl/α,β-unsaturated/α-hetero) is 1. The van der Waals surface area contributed by atoms with Gasteiger partial charge in [0, 0.05) is 80.6 Å². The summed E-state index contributed by atoms with van der Waals surface area (Å²) in [6.45, 7) is 24.4. The zero-order valence-electron chi connectivity index (χ0n) is 79.4. The first kappa shape index (κ1) is 105. The Balaban J connectivity index is 1.19. The predicted octanol–water partition coefficient (Wildman–Crippen LogP) is 10.0. The van der Waals surface area contributed by atoms with Crippen molar-refractivity contribution in [1.82, 2.24) is 60.9 Å². The number of benzene rings is 6. The summed E-state index contributed by atoms with van der Waals surface area (Å²) < 4.78 is 13.1. The number of nitrogens with zero attached hydrogens (tertiary/aromatic N) is 7. The summed E-state index contributed by atoms with van der Waals surface area (Å²) in [7, 11) is 8.39. The summed E-state index contributed by atoms with van der Waals surface area (Å²) in [5.74, 6) is -13.0. The van der Waals surface area contributed by atoms with E-state index in [4.69, 9.17) is 9.47 Å². The first-order valence-corrected chi connectivity index (χ1v) is 45.2. The number of carbonyl (C=O) groups is 14. The molecule has 0 bridgehead atoms. The number of nitrogens with one attached hydrogen (secondary N) is 5. The highest BCUT2D eigenvalue weighted by Crippen LogP contribution is 2.42. The van der Waals surface area contributed by atoms with Crippen LogP contribution in [0.3, 0.4) is 0 Å². The molecule has 29 nitrogen and oxygen atoms in total. The molecule has 0 radical (unpaired) electrons. The first-order valence-electron chi connectivity index (χ1n) is 45.2. The van der Waals surface area contributed by atoms with Crippen LogP contribution in [0, 0.1) is 29.6 Å². The smallest absolute Gasteiger partial charge is 0.410 e. The van der Waals surface area contributed by atoms with Gasteiger partial charge in [-0.3, -0.25) is 67.2 Å². The van der Waals surface area contributed by atoms with Gasteiger partial charge in [-0.2, -0.15) is 0 Å². The third kappa shape index (κ3) is 29.2. The lowest BCUT2D eigenvalue weighted by Crippen LogP contribution is -2.63. The maximum absolute atomic E-state index is 16.4. The number of piperidine rings is 1. The summed E-state index contributed by atoms with van der Waals surface area (Å²) >= 11 is 0. The lowest BCUT2D eigenvalue weighted by Gasteiger charge is -2.41. The van der Waals surface area contributed by atoms with E-state index in [9.17, 15) is 33.9 Å². The normalized spacial score (nSPS) is 15.1. The molecule has 6 aromatic rings. The van der Waals surface area contributed by atoms with Crippen molar-refractivity contribution in [3.8, 4) is 0 Å². The predicted molar refractivity (Wildman–Crippen MR) is 497 cm³/mol. The maximum atomic E-state index is 16.4. The van der Waals surface area contributed by atoms with Crippen molar-refractivity contribution >= 4 is 82.8 Å². The van der Waals surface area contributed by atoms with Crippen molar-refractivity contribution in [2.75, 3.05) is 61.9 Å². The Morgan fingerprint density at radius 2 is 0.831 bits per heavy atom. The standard InChI is InChI=1S/C101H138N12O17/c1-64(2)56-79(110(18)97(126)86(66(5)6)105-89(118)69(10)107(15)99(128)130-100(12,13)14)93(122)106-87(70(11)129-101(75-48-34-24-35-49-75,76-50-36-25-37-51-76)77-52-38-26-39-53-77)98(127)111(19)80(59-72-44-30-22-31-45-72)91(120)102-63-84(115)108(16)82(57-65(3)4)96(125)112(20)88(67(7)8)83(114)61-74(58-71-42-28-21-29-43-71)90(119)104-78(62-85(116)117)95(124)109(17)81(60-73-46-32-23-33-47-73)92(121)103-68(9)94(123)113-54-40-27-41-55-113/h21-26,28-39,42-53,64-70,74,78-82,86-88H,27,40-41,54-63H2,1-20H3,(H,102,120)(H,103,121)(H,104,119)(H,105,118)(H,106,122)(H,116,117)/t68-,69-,70+,74+,78-,79-,80-,81?,82-,86-,87-,88-/m0/s1. The molecule has 0 spiro atoms. The van der Waals surface area contributed by atoms with Crippen molar-refractivity contribution < 1.29 is 81.7 Å². The number of amides is 12. The number of hydrogen-bond acceptors (Lipinski definition) is 16. The summed E-state index contributed by atoms with van der Waals surface area (Å²) in [6.07, 6.45) is -1.13. The lowest BCUT2D eigenvalue weighted by molar-refractivity contribution is -0.151. The van der Waals surface area contributed by atoms with Crippen LogP contribution in [0.2, 0.25) is 0 Å². The van der Waals surface area contributed by atoms with Crippen LogP contribution in [0.5, 0.6) is 0 Å². The highest BCUT2D eigenvalue weighted by Gasteiger charge is 2.47. The molecular weight excluding hydrogens is 1650 g/mol. The average Bonchev–Trinajstić information content (AvgIpc) is 0.748. The van der Waals surface area contributed by atoms with Gasteiger partial charge in [-0.25, -0.2) is 4.79 Å². The van der Waals surface area contributed by atoms with E-state index in [-0.39, 0.29) is 49.8 Å². The summed E-state index contributed by atoms with van der Waals surface area (Å²) in [5.41, 5.74) is 1.41. The number of carboxylic acid groups (broad SMARTS) is 1. The van der Waals surface area contributed by atoms with Gasteiger partial charge in [-0.05, 0) is 137 Å². The van der Waals surface area contributed by atoms with E-state index in [0.29, 0.717) is 46.5 Å². The van der Waals surface area contributed by atoms with Crippen molar-refractivity contribution in [3.05, 3.63) is 215 Å². The Bertz CT molecular complexity index is 4670. The van der Waals surface area contributed by atoms with Gasteiger partial charge >= 0.3 is 12.1 Å². The zero-order valence-corrected chi connectivity index (χ0v) is 79.4. The quantitative estimate of drug-likeness (QED) is 0.0194. The van der Waals surface area contributed by atoms with E-state index in [1.165, 1.54) is 68.8 Å². The van der Waals surface area contributed by atoms with Crippen molar-refractivity contribution in [2.45, 2.75) is 239 Å². The fourth-order valence-electron chi connectivity index (χ4n) is 16.5. The number of rotatable bonds is 45. The van der Waals surface area contributed by atoms with E-state index in [2.05, 4.69) is 26.6 Å². The molecule has 1 heterocycles. The van der Waals surface area contributed by atoms with Crippen LogP contribution in [-0.4, -0.2) is 256 Å². The van der Waals surface area contributed by atoms with E-state index < -0.39 is 192 Å². The molecule has 6 aromatic carbocycles. The second-order valence-electron chi connectivity index (χ2n) is 36.8. The average molecular weight is 1790 g/mol. The first-order chi connectivity index (χ1) is 61.4. The largest absolute Gasteiger partial charge is 0.481 e. The Morgan fingerprint density at radius 1 is 0.415 bits per heavy atom. The number of likely N-dealkylation sites (N-methyl/N-ethyl adjacent to an activating group) is 6. The number of carboxylic acids is 1. The Morgan fingerprint density at radius 3 is 1.28 bits per heavy atom.